The van der Waals surface area contributed by atoms with Crippen molar-refractivity contribution in [1.82, 2.24) is 0 Å². The second-order valence-corrected chi connectivity index (χ2v) is 3.87. The van der Waals surface area contributed by atoms with Gasteiger partial charge in [0.25, 0.3) is 0 Å². The monoisotopic (exact) mass is 232 g/mol. The number of benzene rings is 1. The van der Waals surface area contributed by atoms with Crippen LogP contribution in [0, 0.1) is 0 Å². The molecule has 3 N–H and O–H groups in total. The zero-order valence-corrected chi connectivity index (χ0v) is 9.46. The molecule has 2 rings (SSSR count). The van der Waals surface area contributed by atoms with Crippen molar-refractivity contribution in [2.45, 2.75) is 6.54 Å². The second kappa shape index (κ2) is 4.81. The molecular formula is C12H12N2OS. The fourth-order valence-electron chi connectivity index (χ4n) is 1.35. The Bertz CT molecular complexity index is 462. The summed E-state index contributed by atoms with van der Waals surface area (Å²) in [6.07, 6.45) is 3.38. The van der Waals surface area contributed by atoms with Gasteiger partial charge in [-0.05, 0) is 30.3 Å². The minimum atomic E-state index is 0.418. The summed E-state index contributed by atoms with van der Waals surface area (Å²) in [4.78, 5) is 0.418. The number of thiocarbonyl (C=S) groups is 1. The molecule has 0 amide bonds. The number of nitrogens with two attached hydrogens (primary N) is 1. The lowest BCUT2D eigenvalue weighted by Gasteiger charge is -2.05. The number of nitrogens with one attached hydrogen (secondary N) is 1. The van der Waals surface area contributed by atoms with Gasteiger partial charge in [0.2, 0.25) is 0 Å². The van der Waals surface area contributed by atoms with Crippen molar-refractivity contribution in [1.29, 1.82) is 0 Å². The Morgan fingerprint density at radius 1 is 1.25 bits per heavy atom. The Kier molecular flexibility index (Phi) is 3.22. The maximum absolute atomic E-state index is 5.51. The van der Waals surface area contributed by atoms with Gasteiger partial charge in [-0.15, -0.1) is 0 Å². The highest BCUT2D eigenvalue weighted by Gasteiger charge is 1.97. The first kappa shape index (κ1) is 10.7. The Morgan fingerprint density at radius 3 is 2.56 bits per heavy atom. The van der Waals surface area contributed by atoms with Gasteiger partial charge >= 0.3 is 0 Å². The number of anilines is 1. The van der Waals surface area contributed by atoms with Gasteiger partial charge in [-0.25, -0.2) is 0 Å². The van der Waals surface area contributed by atoms with Crippen LogP contribution in [0.4, 0.5) is 5.69 Å². The Balaban J connectivity index is 1.98. The highest BCUT2D eigenvalue weighted by atomic mass is 32.1. The molecule has 3 nitrogen and oxygen atoms in total. The second-order valence-electron chi connectivity index (χ2n) is 3.43. The van der Waals surface area contributed by atoms with Gasteiger partial charge in [0, 0.05) is 23.4 Å². The molecule has 82 valence electrons. The minimum Gasteiger partial charge on any atom is -0.472 e. The fraction of sp³-hybridized carbons (Fsp3) is 0.0833. The lowest BCUT2D eigenvalue weighted by Crippen LogP contribution is -2.09. The average Bonchev–Trinajstić information content (AvgIpc) is 2.80. The molecule has 0 saturated carbocycles. The molecule has 0 aliphatic rings. The van der Waals surface area contributed by atoms with Crippen molar-refractivity contribution < 1.29 is 4.42 Å². The van der Waals surface area contributed by atoms with E-state index < -0.39 is 0 Å². The van der Waals surface area contributed by atoms with Crippen LogP contribution < -0.4 is 11.1 Å². The summed E-state index contributed by atoms with van der Waals surface area (Å²) in [5.41, 5.74) is 8.53. The maximum atomic E-state index is 5.51. The summed E-state index contributed by atoms with van der Waals surface area (Å²) < 4.78 is 4.98. The van der Waals surface area contributed by atoms with Crippen molar-refractivity contribution in [2.75, 3.05) is 5.32 Å². The molecule has 4 heteroatoms. The van der Waals surface area contributed by atoms with Gasteiger partial charge < -0.3 is 15.5 Å². The molecule has 0 bridgehead atoms. The smallest absolute Gasteiger partial charge is 0.103 e. The van der Waals surface area contributed by atoms with Crippen molar-refractivity contribution in [3.05, 3.63) is 54.0 Å². The summed E-state index contributed by atoms with van der Waals surface area (Å²) in [5, 5.41) is 3.27. The van der Waals surface area contributed by atoms with Crippen LogP contribution in [0.25, 0.3) is 0 Å². The van der Waals surface area contributed by atoms with Crippen LogP contribution in [-0.4, -0.2) is 4.99 Å². The number of rotatable bonds is 4. The SMILES string of the molecule is NC(=S)c1ccc(NCc2ccoc2)cc1. The normalized spacial score (nSPS) is 10.0. The van der Waals surface area contributed by atoms with E-state index in [0.29, 0.717) is 4.99 Å². The van der Waals surface area contributed by atoms with Gasteiger partial charge in [-0.2, -0.15) is 0 Å². The third-order valence-corrected chi connectivity index (χ3v) is 2.48. The Hall–Kier alpha value is -1.81. The van der Waals surface area contributed by atoms with Gasteiger partial charge in [-0.1, -0.05) is 12.2 Å². The van der Waals surface area contributed by atoms with Crippen LogP contribution in [0.15, 0.2) is 47.3 Å². The standard InChI is InChI=1S/C12H12N2OS/c13-12(16)10-1-3-11(4-2-10)14-7-9-5-6-15-8-9/h1-6,8,14H,7H2,(H2,13,16). The van der Waals surface area contributed by atoms with Crippen molar-refractivity contribution in [3.63, 3.8) is 0 Å². The molecule has 1 aromatic carbocycles. The highest BCUT2D eigenvalue weighted by molar-refractivity contribution is 7.80. The van der Waals surface area contributed by atoms with Gasteiger partial charge in [0.05, 0.1) is 12.5 Å². The third-order valence-electron chi connectivity index (χ3n) is 2.25. The summed E-state index contributed by atoms with van der Waals surface area (Å²) in [6, 6.07) is 9.64. The summed E-state index contributed by atoms with van der Waals surface area (Å²) in [6.45, 7) is 0.739. The Labute approximate surface area is 99.3 Å². The lowest BCUT2D eigenvalue weighted by atomic mass is 10.2. The van der Waals surface area contributed by atoms with E-state index in [1.807, 2.05) is 30.3 Å². The number of hydrogen-bond acceptors (Lipinski definition) is 3. The van der Waals surface area contributed by atoms with Crippen molar-refractivity contribution in [2.24, 2.45) is 5.73 Å². The van der Waals surface area contributed by atoms with Gasteiger partial charge in [0.1, 0.15) is 4.99 Å². The Morgan fingerprint density at radius 2 is 2.00 bits per heavy atom. The van der Waals surface area contributed by atoms with Crippen LogP contribution in [0.1, 0.15) is 11.1 Å². The van der Waals surface area contributed by atoms with E-state index in [-0.39, 0.29) is 0 Å². The highest BCUT2D eigenvalue weighted by Crippen LogP contribution is 2.11. The summed E-state index contributed by atoms with van der Waals surface area (Å²) in [5.74, 6) is 0. The zero-order chi connectivity index (χ0) is 11.4. The summed E-state index contributed by atoms with van der Waals surface area (Å²) in [7, 11) is 0. The summed E-state index contributed by atoms with van der Waals surface area (Å²) >= 11 is 4.88. The largest absolute Gasteiger partial charge is 0.472 e. The molecule has 16 heavy (non-hydrogen) atoms. The molecule has 0 aliphatic carbocycles. The predicted molar refractivity (Wildman–Crippen MR) is 68.4 cm³/mol. The fourth-order valence-corrected chi connectivity index (χ4v) is 1.49. The maximum Gasteiger partial charge on any atom is 0.103 e. The van der Waals surface area contributed by atoms with E-state index in [9.17, 15) is 0 Å². The molecule has 0 unspecified atom stereocenters. The molecule has 0 atom stereocenters. The molecule has 0 aliphatic heterocycles. The average molecular weight is 232 g/mol. The lowest BCUT2D eigenvalue weighted by molar-refractivity contribution is 0.564. The van der Waals surface area contributed by atoms with Crippen LogP contribution in [-0.2, 0) is 6.54 Å². The van der Waals surface area contributed by atoms with Crippen molar-refractivity contribution in [3.8, 4) is 0 Å². The third kappa shape index (κ3) is 2.61. The van der Waals surface area contributed by atoms with E-state index in [0.717, 1.165) is 23.4 Å². The molecule has 0 radical (unpaired) electrons. The van der Waals surface area contributed by atoms with E-state index in [2.05, 4.69) is 5.32 Å². The van der Waals surface area contributed by atoms with Crippen LogP contribution in [0.5, 0.6) is 0 Å². The first-order valence-corrected chi connectivity index (χ1v) is 5.31. The van der Waals surface area contributed by atoms with Crippen LogP contribution in [0.2, 0.25) is 0 Å². The molecule has 2 aromatic rings. The molecule has 1 heterocycles. The quantitative estimate of drug-likeness (QED) is 0.795. The molecule has 0 fully saturated rings. The van der Waals surface area contributed by atoms with E-state index in [1.54, 1.807) is 12.5 Å². The first-order chi connectivity index (χ1) is 7.75. The predicted octanol–water partition coefficient (Wildman–Crippen LogP) is 2.53. The van der Waals surface area contributed by atoms with E-state index >= 15 is 0 Å². The minimum absolute atomic E-state index is 0.418. The molecule has 1 aromatic heterocycles. The molecule has 0 saturated heterocycles. The van der Waals surface area contributed by atoms with Gasteiger partial charge in [0.15, 0.2) is 0 Å². The van der Waals surface area contributed by atoms with Crippen LogP contribution >= 0.6 is 12.2 Å². The van der Waals surface area contributed by atoms with Crippen molar-refractivity contribution >= 4 is 22.9 Å². The molecule has 0 spiro atoms. The number of hydrogen-bond donors (Lipinski definition) is 2. The van der Waals surface area contributed by atoms with Gasteiger partial charge in [-0.3, -0.25) is 0 Å². The first-order valence-electron chi connectivity index (χ1n) is 4.90. The van der Waals surface area contributed by atoms with Crippen LogP contribution in [0.3, 0.4) is 0 Å². The topological polar surface area (TPSA) is 51.2 Å². The zero-order valence-electron chi connectivity index (χ0n) is 8.64. The number of furan rings is 1. The molecular weight excluding hydrogens is 220 g/mol. The van der Waals surface area contributed by atoms with E-state index in [1.165, 1.54) is 0 Å². The van der Waals surface area contributed by atoms with E-state index in [4.69, 9.17) is 22.4 Å².